The first-order chi connectivity index (χ1) is 5.65. The minimum atomic E-state index is -1.44. The van der Waals surface area contributed by atoms with E-state index in [9.17, 15) is 0 Å². The molecule has 0 atom stereocenters. The Morgan fingerprint density at radius 2 is 2.25 bits per heavy atom. The summed E-state index contributed by atoms with van der Waals surface area (Å²) in [5.41, 5.74) is 1.32. The smallest absolute Gasteiger partial charge is 0.423 e. The lowest BCUT2D eigenvalue weighted by atomic mass is 9.81. The van der Waals surface area contributed by atoms with Gasteiger partial charge in [-0.05, 0) is 28.4 Å². The molecule has 0 amide bonds. The van der Waals surface area contributed by atoms with Crippen LogP contribution in [0.4, 0.5) is 0 Å². The highest BCUT2D eigenvalue weighted by molar-refractivity contribution is 9.10. The molecule has 5 heteroatoms. The summed E-state index contributed by atoms with van der Waals surface area (Å²) in [6.07, 6.45) is 2.29. The van der Waals surface area contributed by atoms with Crippen LogP contribution in [-0.4, -0.2) is 22.2 Å². The van der Waals surface area contributed by atoms with Gasteiger partial charge >= 0.3 is 7.12 Å². The Morgan fingerprint density at radius 1 is 1.58 bits per heavy atom. The number of aromatic nitrogens is 1. The monoisotopic (exact) mass is 229 g/mol. The Balaban J connectivity index is 3.02. The van der Waals surface area contributed by atoms with Crippen LogP contribution in [-0.2, 0) is 6.42 Å². The quantitative estimate of drug-likeness (QED) is 0.707. The Kier molecular flexibility index (Phi) is 3.25. The molecule has 0 spiro atoms. The second-order valence-corrected chi connectivity index (χ2v) is 3.28. The van der Waals surface area contributed by atoms with Crippen molar-refractivity contribution >= 4 is 28.5 Å². The molecule has 0 unspecified atom stereocenters. The van der Waals surface area contributed by atoms with E-state index >= 15 is 0 Å². The zero-order valence-electron chi connectivity index (χ0n) is 6.66. The van der Waals surface area contributed by atoms with Crippen LogP contribution in [0.1, 0.15) is 12.6 Å². The molecule has 0 bridgehead atoms. The Labute approximate surface area is 79.7 Å². The maximum Gasteiger partial charge on any atom is 0.490 e. The van der Waals surface area contributed by atoms with Gasteiger partial charge in [-0.25, -0.2) is 0 Å². The van der Waals surface area contributed by atoms with Crippen molar-refractivity contribution in [3.8, 4) is 0 Å². The standard InChI is InChI=1S/C7H9BBrNO2/c1-2-7-6(9)3-5(4-10-7)8(11)12/h3-4,11-12H,2H2,1H3. The second kappa shape index (κ2) is 4.02. The minimum absolute atomic E-state index is 0.402. The zero-order chi connectivity index (χ0) is 9.14. The van der Waals surface area contributed by atoms with Gasteiger partial charge in [0.25, 0.3) is 0 Å². The summed E-state index contributed by atoms with van der Waals surface area (Å²) in [4.78, 5) is 4.05. The molecule has 1 aromatic heterocycles. The van der Waals surface area contributed by atoms with Crippen molar-refractivity contribution in [1.82, 2.24) is 4.98 Å². The molecule has 0 radical (unpaired) electrons. The van der Waals surface area contributed by atoms with Crippen molar-refractivity contribution in [3.63, 3.8) is 0 Å². The van der Waals surface area contributed by atoms with Crippen LogP contribution in [0, 0.1) is 0 Å². The van der Waals surface area contributed by atoms with Crippen LogP contribution in [0.2, 0.25) is 0 Å². The fraction of sp³-hybridized carbons (Fsp3) is 0.286. The highest BCUT2D eigenvalue weighted by Crippen LogP contribution is 2.12. The van der Waals surface area contributed by atoms with E-state index in [4.69, 9.17) is 10.0 Å². The third-order valence-electron chi connectivity index (χ3n) is 1.57. The minimum Gasteiger partial charge on any atom is -0.423 e. The first-order valence-electron chi connectivity index (χ1n) is 3.65. The summed E-state index contributed by atoms with van der Waals surface area (Å²) in [7, 11) is -1.44. The average Bonchev–Trinajstić information content (AvgIpc) is 2.04. The lowest BCUT2D eigenvalue weighted by Gasteiger charge is -2.02. The van der Waals surface area contributed by atoms with Crippen molar-refractivity contribution in [2.24, 2.45) is 0 Å². The van der Waals surface area contributed by atoms with Crippen LogP contribution in [0.5, 0.6) is 0 Å². The van der Waals surface area contributed by atoms with Crippen molar-refractivity contribution in [1.29, 1.82) is 0 Å². The van der Waals surface area contributed by atoms with E-state index in [1.54, 1.807) is 6.07 Å². The lowest BCUT2D eigenvalue weighted by Crippen LogP contribution is -2.30. The van der Waals surface area contributed by atoms with Gasteiger partial charge in [-0.1, -0.05) is 6.92 Å². The zero-order valence-corrected chi connectivity index (χ0v) is 8.24. The predicted molar refractivity (Wildman–Crippen MR) is 51.1 cm³/mol. The van der Waals surface area contributed by atoms with Crippen LogP contribution in [0.15, 0.2) is 16.7 Å². The first-order valence-corrected chi connectivity index (χ1v) is 4.45. The van der Waals surface area contributed by atoms with Gasteiger partial charge in [-0.3, -0.25) is 4.98 Å². The molecular formula is C7H9BBrNO2. The molecule has 2 N–H and O–H groups in total. The third-order valence-corrected chi connectivity index (χ3v) is 2.26. The maximum absolute atomic E-state index is 8.81. The van der Waals surface area contributed by atoms with E-state index < -0.39 is 7.12 Å². The number of halogens is 1. The molecule has 3 nitrogen and oxygen atoms in total. The van der Waals surface area contributed by atoms with E-state index in [1.807, 2.05) is 6.92 Å². The first kappa shape index (κ1) is 9.70. The van der Waals surface area contributed by atoms with E-state index in [0.717, 1.165) is 16.6 Å². The van der Waals surface area contributed by atoms with Crippen LogP contribution < -0.4 is 5.46 Å². The van der Waals surface area contributed by atoms with E-state index in [1.165, 1.54) is 6.20 Å². The number of pyridine rings is 1. The maximum atomic E-state index is 8.81. The van der Waals surface area contributed by atoms with Crippen molar-refractivity contribution in [2.75, 3.05) is 0 Å². The molecule has 0 saturated heterocycles. The fourth-order valence-electron chi connectivity index (χ4n) is 0.882. The third kappa shape index (κ3) is 2.06. The summed E-state index contributed by atoms with van der Waals surface area (Å²) in [6, 6.07) is 1.66. The molecule has 1 heterocycles. The van der Waals surface area contributed by atoms with Crippen LogP contribution in [0.25, 0.3) is 0 Å². The van der Waals surface area contributed by atoms with Crippen LogP contribution >= 0.6 is 15.9 Å². The van der Waals surface area contributed by atoms with Gasteiger partial charge < -0.3 is 10.0 Å². The summed E-state index contributed by atoms with van der Waals surface area (Å²) >= 11 is 3.29. The van der Waals surface area contributed by atoms with Gasteiger partial charge in [-0.2, -0.15) is 0 Å². The van der Waals surface area contributed by atoms with Crippen molar-refractivity contribution in [3.05, 3.63) is 22.4 Å². The molecule has 0 aliphatic heterocycles. The highest BCUT2D eigenvalue weighted by atomic mass is 79.9. The molecule has 0 aliphatic rings. The van der Waals surface area contributed by atoms with Gasteiger partial charge in [0.2, 0.25) is 0 Å². The molecule has 0 saturated carbocycles. The Morgan fingerprint density at radius 3 is 2.67 bits per heavy atom. The summed E-state index contributed by atoms with van der Waals surface area (Å²) in [5.74, 6) is 0. The number of rotatable bonds is 2. The number of aryl methyl sites for hydroxylation is 1. The average molecular weight is 230 g/mol. The molecule has 0 fully saturated rings. The van der Waals surface area contributed by atoms with Crippen LogP contribution in [0.3, 0.4) is 0 Å². The molecule has 12 heavy (non-hydrogen) atoms. The fourth-order valence-corrected chi connectivity index (χ4v) is 1.53. The van der Waals surface area contributed by atoms with Crippen molar-refractivity contribution < 1.29 is 10.0 Å². The van der Waals surface area contributed by atoms with E-state index in [0.29, 0.717) is 5.46 Å². The summed E-state index contributed by atoms with van der Waals surface area (Å²) < 4.78 is 0.815. The molecule has 64 valence electrons. The normalized spacial score (nSPS) is 10.0. The SMILES string of the molecule is CCc1ncc(B(O)O)cc1Br. The van der Waals surface area contributed by atoms with Gasteiger partial charge in [0.15, 0.2) is 0 Å². The molecule has 0 aliphatic carbocycles. The Bertz CT molecular complexity index is 280. The summed E-state index contributed by atoms with van der Waals surface area (Å²) in [5, 5.41) is 17.6. The summed E-state index contributed by atoms with van der Waals surface area (Å²) in [6.45, 7) is 1.99. The molecular weight excluding hydrogens is 221 g/mol. The van der Waals surface area contributed by atoms with Gasteiger partial charge in [-0.15, -0.1) is 0 Å². The molecule has 1 aromatic rings. The predicted octanol–water partition coefficient (Wildman–Crippen LogP) is 0.0863. The second-order valence-electron chi connectivity index (χ2n) is 2.42. The van der Waals surface area contributed by atoms with Gasteiger partial charge in [0.05, 0.1) is 5.69 Å². The number of hydrogen-bond donors (Lipinski definition) is 2. The lowest BCUT2D eigenvalue weighted by molar-refractivity contribution is 0.425. The highest BCUT2D eigenvalue weighted by Gasteiger charge is 2.12. The largest absolute Gasteiger partial charge is 0.490 e. The Hall–Kier alpha value is -0.385. The topological polar surface area (TPSA) is 53.4 Å². The van der Waals surface area contributed by atoms with Gasteiger partial charge in [0, 0.05) is 16.1 Å². The number of hydrogen-bond acceptors (Lipinski definition) is 3. The molecule has 0 aromatic carbocycles. The van der Waals surface area contributed by atoms with Crippen molar-refractivity contribution in [2.45, 2.75) is 13.3 Å². The van der Waals surface area contributed by atoms with Gasteiger partial charge in [0.1, 0.15) is 0 Å². The van der Waals surface area contributed by atoms with E-state index in [2.05, 4.69) is 20.9 Å². The molecule has 1 rings (SSSR count). The van der Waals surface area contributed by atoms with E-state index in [-0.39, 0.29) is 0 Å². The number of nitrogens with zero attached hydrogens (tertiary/aromatic N) is 1.